The summed E-state index contributed by atoms with van der Waals surface area (Å²) in [6, 6.07) is 2.25. The summed E-state index contributed by atoms with van der Waals surface area (Å²) < 4.78 is 37.4. The average Bonchev–Trinajstić information content (AvgIpc) is 3.35. The Morgan fingerprint density at radius 3 is 2.85 bits per heavy atom. The van der Waals surface area contributed by atoms with Crippen molar-refractivity contribution in [1.82, 2.24) is 20.0 Å². The van der Waals surface area contributed by atoms with Crippen LogP contribution in [0.3, 0.4) is 0 Å². The molecule has 1 saturated carbocycles. The first kappa shape index (κ1) is 18.2. The number of anilines is 1. The van der Waals surface area contributed by atoms with Crippen molar-refractivity contribution in [1.29, 1.82) is 0 Å². The standard InChI is InChI=1S/C18H22F3N5O/c19-18(20,21)7-5-15(27)12-2-1-9-25(10-12)26(13-3-4-13)17-14-6-8-22-16(14)23-11-24-17/h6,8,11-13H,1-5,7,9-10H2,(H,22,23,24). The Hall–Kier alpha value is -2.16. The van der Waals surface area contributed by atoms with Crippen LogP contribution in [0.15, 0.2) is 18.6 Å². The smallest absolute Gasteiger partial charge is 0.346 e. The van der Waals surface area contributed by atoms with E-state index in [1.807, 2.05) is 12.3 Å². The van der Waals surface area contributed by atoms with Gasteiger partial charge in [-0.2, -0.15) is 13.2 Å². The van der Waals surface area contributed by atoms with Crippen molar-refractivity contribution in [2.24, 2.45) is 5.92 Å². The second-order valence-electron chi connectivity index (χ2n) is 7.35. The van der Waals surface area contributed by atoms with Gasteiger partial charge in [-0.1, -0.05) is 0 Å². The third-order valence-corrected chi connectivity index (χ3v) is 5.26. The zero-order valence-electron chi connectivity index (χ0n) is 14.9. The lowest BCUT2D eigenvalue weighted by Gasteiger charge is -2.41. The Bertz CT molecular complexity index is 817. The largest absolute Gasteiger partial charge is 0.389 e. The summed E-state index contributed by atoms with van der Waals surface area (Å²) in [6.07, 6.45) is 1.09. The summed E-state index contributed by atoms with van der Waals surface area (Å²) in [5, 5.41) is 5.16. The van der Waals surface area contributed by atoms with Crippen molar-refractivity contribution < 1.29 is 18.0 Å². The SMILES string of the molecule is O=C(CCC(F)(F)F)C1CCCN(N(c2ncnc3[nH]ccc23)C2CC2)C1. The molecular formula is C18H22F3N5O. The lowest BCUT2D eigenvalue weighted by molar-refractivity contribution is -0.145. The molecule has 1 atom stereocenters. The van der Waals surface area contributed by atoms with Crippen LogP contribution in [0.4, 0.5) is 19.0 Å². The lowest BCUT2D eigenvalue weighted by Crippen LogP contribution is -2.51. The summed E-state index contributed by atoms with van der Waals surface area (Å²) in [5.41, 5.74) is 0.750. The van der Waals surface area contributed by atoms with Crippen molar-refractivity contribution in [2.45, 2.75) is 50.7 Å². The monoisotopic (exact) mass is 381 g/mol. The molecule has 3 heterocycles. The lowest BCUT2D eigenvalue weighted by atomic mass is 9.92. The fourth-order valence-corrected chi connectivity index (χ4v) is 3.78. The van der Waals surface area contributed by atoms with Crippen molar-refractivity contribution in [3.8, 4) is 0 Å². The number of halogens is 3. The average molecular weight is 381 g/mol. The maximum Gasteiger partial charge on any atom is 0.389 e. The number of hydrogen-bond acceptors (Lipinski definition) is 5. The topological polar surface area (TPSA) is 65.1 Å². The highest BCUT2D eigenvalue weighted by atomic mass is 19.4. The van der Waals surface area contributed by atoms with Crippen LogP contribution in [0, 0.1) is 5.92 Å². The van der Waals surface area contributed by atoms with Gasteiger partial charge < -0.3 is 4.98 Å². The molecule has 0 amide bonds. The van der Waals surface area contributed by atoms with Crippen molar-refractivity contribution in [3.05, 3.63) is 18.6 Å². The Morgan fingerprint density at radius 1 is 1.30 bits per heavy atom. The second kappa shape index (κ2) is 7.10. The van der Waals surface area contributed by atoms with Crippen LogP contribution in [0.25, 0.3) is 11.0 Å². The van der Waals surface area contributed by atoms with E-state index in [2.05, 4.69) is 25.0 Å². The number of carbonyl (C=O) groups is 1. The number of ketones is 1. The van der Waals surface area contributed by atoms with Crippen molar-refractivity contribution in [3.63, 3.8) is 0 Å². The molecule has 1 N–H and O–H groups in total. The number of nitrogens with one attached hydrogen (secondary N) is 1. The van der Waals surface area contributed by atoms with Gasteiger partial charge in [0.15, 0.2) is 5.82 Å². The van der Waals surface area contributed by atoms with E-state index in [4.69, 9.17) is 0 Å². The predicted molar refractivity (Wildman–Crippen MR) is 94.0 cm³/mol. The molecule has 9 heteroatoms. The minimum Gasteiger partial charge on any atom is -0.346 e. The fourth-order valence-electron chi connectivity index (χ4n) is 3.78. The third-order valence-electron chi connectivity index (χ3n) is 5.26. The summed E-state index contributed by atoms with van der Waals surface area (Å²) in [6.45, 7) is 1.22. The number of nitrogens with zero attached hydrogens (tertiary/aromatic N) is 4. The van der Waals surface area contributed by atoms with Crippen molar-refractivity contribution >= 4 is 22.6 Å². The number of piperidine rings is 1. The zero-order chi connectivity index (χ0) is 19.0. The highest BCUT2D eigenvalue weighted by molar-refractivity contribution is 5.87. The molecule has 1 unspecified atom stereocenters. The number of fused-ring (bicyclic) bond motifs is 1. The summed E-state index contributed by atoms with van der Waals surface area (Å²) in [5.74, 6) is 0.153. The van der Waals surface area contributed by atoms with Crippen molar-refractivity contribution in [2.75, 3.05) is 18.1 Å². The molecule has 146 valence electrons. The zero-order valence-corrected chi connectivity index (χ0v) is 14.9. The molecule has 2 aliphatic rings. The quantitative estimate of drug-likeness (QED) is 0.830. The minimum atomic E-state index is -4.29. The number of carbonyl (C=O) groups excluding carboxylic acids is 1. The van der Waals surface area contributed by atoms with Gasteiger partial charge in [-0.15, -0.1) is 0 Å². The number of H-pyrrole nitrogens is 1. The molecule has 1 aliphatic heterocycles. The van der Waals surface area contributed by atoms with Gasteiger partial charge in [0.25, 0.3) is 0 Å². The van der Waals surface area contributed by atoms with Gasteiger partial charge in [-0.05, 0) is 31.7 Å². The molecule has 1 aliphatic carbocycles. The molecule has 1 saturated heterocycles. The van der Waals surface area contributed by atoms with Crippen LogP contribution in [0.2, 0.25) is 0 Å². The fraction of sp³-hybridized carbons (Fsp3) is 0.611. The molecule has 4 rings (SSSR count). The number of hydrazine groups is 1. The highest BCUT2D eigenvalue weighted by Gasteiger charge is 2.39. The molecular weight excluding hydrogens is 359 g/mol. The number of aromatic amines is 1. The molecule has 27 heavy (non-hydrogen) atoms. The van der Waals surface area contributed by atoms with E-state index >= 15 is 0 Å². The van der Waals surface area contributed by atoms with Crippen LogP contribution in [0.5, 0.6) is 0 Å². The normalized spacial score (nSPS) is 21.5. The van der Waals surface area contributed by atoms with E-state index in [-0.39, 0.29) is 11.7 Å². The number of rotatable bonds is 6. The Balaban J connectivity index is 1.52. The van der Waals surface area contributed by atoms with Crippen LogP contribution >= 0.6 is 0 Å². The maximum atomic E-state index is 12.5. The van der Waals surface area contributed by atoms with Gasteiger partial charge in [-0.25, -0.2) is 15.0 Å². The summed E-state index contributed by atoms with van der Waals surface area (Å²) in [7, 11) is 0. The molecule has 2 aromatic rings. The summed E-state index contributed by atoms with van der Waals surface area (Å²) >= 11 is 0. The van der Waals surface area contributed by atoms with Crippen LogP contribution in [0.1, 0.15) is 38.5 Å². The Morgan fingerprint density at radius 2 is 2.11 bits per heavy atom. The van der Waals surface area contributed by atoms with E-state index < -0.39 is 19.0 Å². The number of aromatic nitrogens is 3. The molecule has 0 bridgehead atoms. The van der Waals surface area contributed by atoms with Gasteiger partial charge in [-0.3, -0.25) is 9.80 Å². The highest BCUT2D eigenvalue weighted by Crippen LogP contribution is 2.37. The van der Waals surface area contributed by atoms with Crippen LogP contribution in [-0.2, 0) is 4.79 Å². The Kier molecular flexibility index (Phi) is 4.79. The van der Waals surface area contributed by atoms with Gasteiger partial charge in [0.05, 0.1) is 11.8 Å². The first-order valence-electron chi connectivity index (χ1n) is 9.34. The van der Waals surface area contributed by atoms with E-state index in [9.17, 15) is 18.0 Å². The first-order chi connectivity index (χ1) is 12.9. The van der Waals surface area contributed by atoms with Crippen LogP contribution < -0.4 is 5.01 Å². The number of Topliss-reactive ketones (excluding diaryl/α,β-unsaturated/α-hetero) is 1. The van der Waals surface area contributed by atoms with E-state index in [0.29, 0.717) is 19.0 Å². The van der Waals surface area contributed by atoms with Gasteiger partial charge >= 0.3 is 6.18 Å². The first-order valence-corrected chi connectivity index (χ1v) is 9.34. The Labute approximate surface area is 154 Å². The molecule has 6 nitrogen and oxygen atoms in total. The third kappa shape index (κ3) is 4.07. The minimum absolute atomic E-state index is 0.290. The van der Waals surface area contributed by atoms with Gasteiger partial charge in [0.1, 0.15) is 17.8 Å². The molecule has 2 aromatic heterocycles. The van der Waals surface area contributed by atoms with Crippen LogP contribution in [-0.4, -0.2) is 51.1 Å². The second-order valence-corrected chi connectivity index (χ2v) is 7.35. The summed E-state index contributed by atoms with van der Waals surface area (Å²) in [4.78, 5) is 24.1. The molecule has 0 aromatic carbocycles. The van der Waals surface area contributed by atoms with E-state index in [0.717, 1.165) is 42.7 Å². The predicted octanol–water partition coefficient (Wildman–Crippen LogP) is 3.47. The molecule has 0 spiro atoms. The molecule has 2 fully saturated rings. The van der Waals surface area contributed by atoms with E-state index in [1.165, 1.54) is 6.33 Å². The van der Waals surface area contributed by atoms with E-state index in [1.54, 1.807) is 0 Å². The van der Waals surface area contributed by atoms with Gasteiger partial charge in [0, 0.05) is 37.7 Å². The number of alkyl halides is 3. The van der Waals surface area contributed by atoms with Gasteiger partial charge in [0.2, 0.25) is 0 Å². The number of hydrogen-bond donors (Lipinski definition) is 1. The maximum absolute atomic E-state index is 12.5. The molecule has 0 radical (unpaired) electrons.